The van der Waals surface area contributed by atoms with Crippen molar-refractivity contribution in [1.29, 1.82) is 0 Å². The number of aryl methyl sites for hydroxylation is 2. The third-order valence-corrected chi connectivity index (χ3v) is 4.36. The largest absolute Gasteiger partial charge is 0.432 e. The SMILES string of the molecule is Cc1cc(C)c(C(=O)N2CCCC(c3ncc(C(F)(F)F)[nH]3)C2)[nH]1. The van der Waals surface area contributed by atoms with Gasteiger partial charge in [-0.05, 0) is 38.3 Å². The fourth-order valence-corrected chi connectivity index (χ4v) is 3.18. The van der Waals surface area contributed by atoms with Crippen molar-refractivity contribution >= 4 is 5.91 Å². The zero-order valence-electron chi connectivity index (χ0n) is 13.5. The van der Waals surface area contributed by atoms with Gasteiger partial charge < -0.3 is 14.9 Å². The maximum Gasteiger partial charge on any atom is 0.432 e. The van der Waals surface area contributed by atoms with E-state index in [1.165, 1.54) is 0 Å². The molecule has 1 saturated heterocycles. The Balaban J connectivity index is 1.76. The van der Waals surface area contributed by atoms with Crippen LogP contribution in [0.1, 0.15) is 52.0 Å². The zero-order chi connectivity index (χ0) is 17.5. The molecule has 8 heteroatoms. The number of nitrogens with one attached hydrogen (secondary N) is 2. The lowest BCUT2D eigenvalue weighted by atomic mass is 9.97. The average Bonchev–Trinajstić information content (AvgIpc) is 3.13. The van der Waals surface area contributed by atoms with Gasteiger partial charge in [-0.1, -0.05) is 0 Å². The standard InChI is InChI=1S/C16H19F3N4O/c1-9-6-10(2)21-13(9)15(24)23-5-3-4-11(8-23)14-20-7-12(22-14)16(17,18)19/h6-7,11,21H,3-5,8H2,1-2H3,(H,20,22). The maximum atomic E-state index is 12.7. The highest BCUT2D eigenvalue weighted by atomic mass is 19.4. The van der Waals surface area contributed by atoms with Crippen molar-refractivity contribution in [2.24, 2.45) is 0 Å². The Hall–Kier alpha value is -2.25. The molecule has 0 bridgehead atoms. The molecule has 2 N–H and O–H groups in total. The third kappa shape index (κ3) is 3.18. The Morgan fingerprint density at radius 3 is 2.67 bits per heavy atom. The number of carbonyl (C=O) groups excluding carboxylic acids is 1. The van der Waals surface area contributed by atoms with E-state index in [0.29, 0.717) is 31.0 Å². The number of aromatic amines is 2. The van der Waals surface area contributed by atoms with E-state index >= 15 is 0 Å². The Morgan fingerprint density at radius 2 is 2.08 bits per heavy atom. The van der Waals surface area contributed by atoms with Crippen molar-refractivity contribution in [3.8, 4) is 0 Å². The van der Waals surface area contributed by atoms with Crippen molar-refractivity contribution in [3.63, 3.8) is 0 Å². The monoisotopic (exact) mass is 340 g/mol. The predicted molar refractivity (Wildman–Crippen MR) is 81.7 cm³/mol. The number of H-pyrrole nitrogens is 2. The Kier molecular flexibility index (Phi) is 4.15. The van der Waals surface area contributed by atoms with Crippen LogP contribution in [0.25, 0.3) is 0 Å². The molecule has 2 aromatic heterocycles. The number of piperidine rings is 1. The molecule has 3 heterocycles. The number of halogens is 3. The van der Waals surface area contributed by atoms with Gasteiger partial charge in [0.2, 0.25) is 0 Å². The molecule has 24 heavy (non-hydrogen) atoms. The highest BCUT2D eigenvalue weighted by Gasteiger charge is 2.35. The van der Waals surface area contributed by atoms with Crippen molar-refractivity contribution in [2.45, 2.75) is 38.8 Å². The van der Waals surface area contributed by atoms with Crippen molar-refractivity contribution < 1.29 is 18.0 Å². The highest BCUT2D eigenvalue weighted by Crippen LogP contribution is 2.31. The minimum absolute atomic E-state index is 0.118. The topological polar surface area (TPSA) is 64.8 Å². The fraction of sp³-hybridized carbons (Fsp3) is 0.500. The third-order valence-electron chi connectivity index (χ3n) is 4.36. The van der Waals surface area contributed by atoms with Crippen molar-refractivity contribution in [1.82, 2.24) is 19.9 Å². The molecule has 130 valence electrons. The lowest BCUT2D eigenvalue weighted by Gasteiger charge is -2.31. The van der Waals surface area contributed by atoms with Crippen LogP contribution in [0.3, 0.4) is 0 Å². The Morgan fingerprint density at radius 1 is 1.33 bits per heavy atom. The predicted octanol–water partition coefficient (Wildman–Crippen LogP) is 3.39. The number of hydrogen-bond donors (Lipinski definition) is 2. The van der Waals surface area contributed by atoms with Gasteiger partial charge in [-0.25, -0.2) is 4.98 Å². The Bertz CT molecular complexity index is 747. The number of hydrogen-bond acceptors (Lipinski definition) is 2. The number of aromatic nitrogens is 3. The van der Waals surface area contributed by atoms with E-state index in [1.807, 2.05) is 19.9 Å². The lowest BCUT2D eigenvalue weighted by Crippen LogP contribution is -2.39. The summed E-state index contributed by atoms with van der Waals surface area (Å²) in [7, 11) is 0. The molecule has 1 atom stereocenters. The summed E-state index contributed by atoms with van der Waals surface area (Å²) in [5.74, 6) is -0.0396. The first-order chi connectivity index (χ1) is 11.3. The van der Waals surface area contributed by atoms with Gasteiger partial charge in [0, 0.05) is 24.7 Å². The molecular formula is C16H19F3N4O. The molecule has 1 aliphatic rings. The lowest BCUT2D eigenvalue weighted by molar-refractivity contribution is -0.141. The van der Waals surface area contributed by atoms with E-state index in [2.05, 4.69) is 15.0 Å². The van der Waals surface area contributed by atoms with Crippen LogP contribution in [0, 0.1) is 13.8 Å². The zero-order valence-corrected chi connectivity index (χ0v) is 13.5. The van der Waals surface area contributed by atoms with E-state index in [0.717, 1.165) is 23.9 Å². The van der Waals surface area contributed by atoms with E-state index in [-0.39, 0.29) is 11.8 Å². The molecule has 3 rings (SSSR count). The first-order valence-electron chi connectivity index (χ1n) is 7.83. The fourth-order valence-electron chi connectivity index (χ4n) is 3.18. The highest BCUT2D eigenvalue weighted by molar-refractivity contribution is 5.94. The van der Waals surface area contributed by atoms with Crippen LogP contribution < -0.4 is 0 Å². The van der Waals surface area contributed by atoms with Gasteiger partial charge in [0.15, 0.2) is 0 Å². The van der Waals surface area contributed by atoms with Gasteiger partial charge >= 0.3 is 6.18 Å². The minimum Gasteiger partial charge on any atom is -0.354 e. The molecule has 1 unspecified atom stereocenters. The summed E-state index contributed by atoms with van der Waals surface area (Å²) in [5.41, 5.74) is 1.47. The molecule has 1 fully saturated rings. The van der Waals surface area contributed by atoms with Crippen LogP contribution in [-0.4, -0.2) is 38.8 Å². The van der Waals surface area contributed by atoms with Crippen LogP contribution in [0.2, 0.25) is 0 Å². The number of rotatable bonds is 2. The summed E-state index contributed by atoms with van der Waals surface area (Å²) < 4.78 is 38.1. The summed E-state index contributed by atoms with van der Waals surface area (Å²) >= 11 is 0. The van der Waals surface area contributed by atoms with E-state index in [4.69, 9.17) is 0 Å². The van der Waals surface area contributed by atoms with E-state index < -0.39 is 11.9 Å². The number of likely N-dealkylation sites (tertiary alicyclic amines) is 1. The van der Waals surface area contributed by atoms with Crippen LogP contribution in [0.5, 0.6) is 0 Å². The normalized spacial score (nSPS) is 18.9. The molecule has 2 aromatic rings. The molecule has 0 spiro atoms. The van der Waals surface area contributed by atoms with Crippen LogP contribution in [0.4, 0.5) is 13.2 Å². The Labute approximate surface area is 137 Å². The molecule has 0 saturated carbocycles. The van der Waals surface area contributed by atoms with Crippen LogP contribution in [-0.2, 0) is 6.18 Å². The summed E-state index contributed by atoms with van der Waals surface area (Å²) in [4.78, 5) is 23.6. The first-order valence-corrected chi connectivity index (χ1v) is 7.83. The number of amides is 1. The molecule has 5 nitrogen and oxygen atoms in total. The van der Waals surface area contributed by atoms with Gasteiger partial charge in [0.25, 0.3) is 5.91 Å². The van der Waals surface area contributed by atoms with Gasteiger partial charge in [0.1, 0.15) is 17.2 Å². The molecule has 0 aliphatic carbocycles. The second-order valence-electron chi connectivity index (χ2n) is 6.28. The van der Waals surface area contributed by atoms with E-state index in [9.17, 15) is 18.0 Å². The summed E-state index contributed by atoms with van der Waals surface area (Å²) in [6, 6.07) is 1.90. The molecule has 0 aromatic carbocycles. The quantitative estimate of drug-likeness (QED) is 0.880. The minimum atomic E-state index is -4.44. The summed E-state index contributed by atoms with van der Waals surface area (Å²) in [6.45, 7) is 4.70. The van der Waals surface area contributed by atoms with Gasteiger partial charge in [-0.2, -0.15) is 13.2 Å². The van der Waals surface area contributed by atoms with Gasteiger partial charge in [-0.15, -0.1) is 0 Å². The number of imidazole rings is 1. The molecular weight excluding hydrogens is 321 g/mol. The van der Waals surface area contributed by atoms with E-state index in [1.54, 1.807) is 4.90 Å². The number of alkyl halides is 3. The van der Waals surface area contributed by atoms with Crippen molar-refractivity contribution in [2.75, 3.05) is 13.1 Å². The van der Waals surface area contributed by atoms with Crippen molar-refractivity contribution in [3.05, 3.63) is 40.7 Å². The smallest absolute Gasteiger partial charge is 0.354 e. The molecule has 1 amide bonds. The maximum absolute atomic E-state index is 12.7. The second-order valence-corrected chi connectivity index (χ2v) is 6.28. The van der Waals surface area contributed by atoms with Gasteiger partial charge in [0.05, 0.1) is 6.20 Å². The molecule has 0 radical (unpaired) electrons. The summed E-state index contributed by atoms with van der Waals surface area (Å²) in [6.07, 6.45) is -2.18. The van der Waals surface area contributed by atoms with Crippen LogP contribution in [0.15, 0.2) is 12.3 Å². The number of carbonyl (C=O) groups is 1. The average molecular weight is 340 g/mol. The summed E-state index contributed by atoms with van der Waals surface area (Å²) in [5, 5.41) is 0. The molecule has 1 aliphatic heterocycles. The van der Waals surface area contributed by atoms with Crippen LogP contribution >= 0.6 is 0 Å². The first kappa shape index (κ1) is 16.6. The second kappa shape index (κ2) is 5.99. The number of nitrogens with zero attached hydrogens (tertiary/aromatic N) is 2. The van der Waals surface area contributed by atoms with Gasteiger partial charge in [-0.3, -0.25) is 4.79 Å².